The van der Waals surface area contributed by atoms with Crippen molar-refractivity contribution in [3.8, 4) is 11.5 Å². The normalized spacial score (nSPS) is 10.4. The third-order valence-electron chi connectivity index (χ3n) is 2.84. The van der Waals surface area contributed by atoms with Gasteiger partial charge in [-0.2, -0.15) is 0 Å². The predicted octanol–water partition coefficient (Wildman–Crippen LogP) is 4.04. The first kappa shape index (κ1) is 15.5. The number of aromatic carboxylic acids is 1. The molecule has 0 aliphatic heterocycles. The molecule has 6 heteroatoms. The Kier molecular flexibility index (Phi) is 4.98. The number of carbonyl (C=O) groups is 1. The summed E-state index contributed by atoms with van der Waals surface area (Å²) in [6.45, 7) is 0. The van der Waals surface area contributed by atoms with Gasteiger partial charge >= 0.3 is 5.97 Å². The Labute approximate surface area is 131 Å². The van der Waals surface area contributed by atoms with E-state index in [2.05, 4.69) is 0 Å². The topological polar surface area (TPSA) is 66.8 Å². The molecule has 4 nitrogen and oxygen atoms in total. The van der Waals surface area contributed by atoms with E-state index in [0.717, 1.165) is 4.90 Å². The highest BCUT2D eigenvalue weighted by Gasteiger charge is 2.17. The number of carboxylic acid groups (broad SMARTS) is 1. The van der Waals surface area contributed by atoms with Crippen LogP contribution in [-0.4, -0.2) is 23.3 Å². The van der Waals surface area contributed by atoms with E-state index in [9.17, 15) is 15.0 Å². The molecule has 0 radical (unpaired) electrons. The molecule has 110 valence electrons. The third kappa shape index (κ3) is 3.62. The SMILES string of the molecule is COc1cc(O)c(C(=O)O)c(CSc2ccccc2Cl)c1. The monoisotopic (exact) mass is 324 g/mol. The molecule has 0 aliphatic rings. The Bertz CT molecular complexity index is 673. The minimum atomic E-state index is -1.18. The fraction of sp³-hybridized carbons (Fsp3) is 0.133. The number of aromatic hydroxyl groups is 1. The molecule has 2 rings (SSSR count). The van der Waals surface area contributed by atoms with Crippen LogP contribution in [0.15, 0.2) is 41.3 Å². The number of benzene rings is 2. The lowest BCUT2D eigenvalue weighted by atomic mass is 10.1. The van der Waals surface area contributed by atoms with Crippen LogP contribution in [0.4, 0.5) is 0 Å². The van der Waals surface area contributed by atoms with Gasteiger partial charge in [0.2, 0.25) is 0 Å². The molecule has 2 aromatic carbocycles. The summed E-state index contributed by atoms with van der Waals surface area (Å²) >= 11 is 7.47. The molecule has 0 fully saturated rings. The number of carboxylic acids is 1. The summed E-state index contributed by atoms with van der Waals surface area (Å²) in [6.07, 6.45) is 0. The highest BCUT2D eigenvalue weighted by molar-refractivity contribution is 7.98. The Morgan fingerprint density at radius 2 is 2.05 bits per heavy atom. The second-order valence-electron chi connectivity index (χ2n) is 4.20. The summed E-state index contributed by atoms with van der Waals surface area (Å²) in [4.78, 5) is 12.1. The minimum absolute atomic E-state index is 0.115. The second kappa shape index (κ2) is 6.74. The summed E-state index contributed by atoms with van der Waals surface area (Å²) in [5.74, 6) is -0.718. The van der Waals surface area contributed by atoms with Crippen LogP contribution in [-0.2, 0) is 5.75 Å². The van der Waals surface area contributed by atoms with Crippen LogP contribution in [0.3, 0.4) is 0 Å². The summed E-state index contributed by atoms with van der Waals surface area (Å²) in [7, 11) is 1.46. The Hall–Kier alpha value is -1.85. The third-order valence-corrected chi connectivity index (χ3v) is 4.41. The predicted molar refractivity (Wildman–Crippen MR) is 82.6 cm³/mol. The molecular weight excluding hydrogens is 312 g/mol. The fourth-order valence-corrected chi connectivity index (χ4v) is 3.07. The molecule has 2 aromatic rings. The highest BCUT2D eigenvalue weighted by atomic mass is 35.5. The molecule has 0 aliphatic carbocycles. The summed E-state index contributed by atoms with van der Waals surface area (Å²) in [5.41, 5.74) is 0.361. The highest BCUT2D eigenvalue weighted by Crippen LogP contribution is 2.34. The molecule has 0 atom stereocenters. The molecule has 21 heavy (non-hydrogen) atoms. The van der Waals surface area contributed by atoms with Gasteiger partial charge in [0, 0.05) is 16.7 Å². The van der Waals surface area contributed by atoms with Gasteiger partial charge in [0.15, 0.2) is 0 Å². The van der Waals surface area contributed by atoms with Crippen LogP contribution in [0.2, 0.25) is 5.02 Å². The Morgan fingerprint density at radius 1 is 1.33 bits per heavy atom. The van der Waals surface area contributed by atoms with E-state index >= 15 is 0 Å². The summed E-state index contributed by atoms with van der Waals surface area (Å²) < 4.78 is 5.06. The van der Waals surface area contributed by atoms with Gasteiger partial charge < -0.3 is 14.9 Å². The van der Waals surface area contributed by atoms with E-state index < -0.39 is 5.97 Å². The van der Waals surface area contributed by atoms with Crippen LogP contribution in [0.1, 0.15) is 15.9 Å². The first-order valence-corrected chi connectivity index (χ1v) is 7.39. The van der Waals surface area contributed by atoms with Crippen molar-refractivity contribution < 1.29 is 19.7 Å². The van der Waals surface area contributed by atoms with Gasteiger partial charge in [-0.05, 0) is 23.8 Å². The molecule has 0 spiro atoms. The first-order chi connectivity index (χ1) is 10.0. The fourth-order valence-electron chi connectivity index (χ4n) is 1.85. The maximum Gasteiger partial charge on any atom is 0.339 e. The maximum absolute atomic E-state index is 11.3. The van der Waals surface area contributed by atoms with E-state index in [1.165, 1.54) is 24.9 Å². The van der Waals surface area contributed by atoms with Crippen molar-refractivity contribution >= 4 is 29.3 Å². The number of halogens is 1. The molecule has 0 heterocycles. The van der Waals surface area contributed by atoms with E-state index in [1.807, 2.05) is 18.2 Å². The van der Waals surface area contributed by atoms with Gasteiger partial charge in [-0.1, -0.05) is 23.7 Å². The van der Waals surface area contributed by atoms with Gasteiger partial charge in [0.1, 0.15) is 17.1 Å². The van der Waals surface area contributed by atoms with Crippen molar-refractivity contribution in [3.05, 3.63) is 52.5 Å². The van der Waals surface area contributed by atoms with Crippen molar-refractivity contribution in [2.45, 2.75) is 10.6 Å². The average Bonchev–Trinajstić information content (AvgIpc) is 2.45. The van der Waals surface area contributed by atoms with Crippen molar-refractivity contribution in [1.82, 2.24) is 0 Å². The molecule has 0 aromatic heterocycles. The summed E-state index contributed by atoms with van der Waals surface area (Å²) in [6, 6.07) is 10.2. The zero-order valence-corrected chi connectivity index (χ0v) is 12.7. The van der Waals surface area contributed by atoms with E-state index in [1.54, 1.807) is 12.1 Å². The second-order valence-corrected chi connectivity index (χ2v) is 5.63. The average molecular weight is 325 g/mol. The lowest BCUT2D eigenvalue weighted by molar-refractivity contribution is 0.0693. The Balaban J connectivity index is 2.32. The van der Waals surface area contributed by atoms with Crippen molar-refractivity contribution in [2.75, 3.05) is 7.11 Å². The Morgan fingerprint density at radius 3 is 2.67 bits per heavy atom. The quantitative estimate of drug-likeness (QED) is 0.812. The zero-order chi connectivity index (χ0) is 15.4. The number of hydrogen-bond donors (Lipinski definition) is 2. The number of thioether (sulfide) groups is 1. The smallest absolute Gasteiger partial charge is 0.339 e. The van der Waals surface area contributed by atoms with Crippen molar-refractivity contribution in [1.29, 1.82) is 0 Å². The molecule has 2 N–H and O–H groups in total. The van der Waals surface area contributed by atoms with Gasteiger partial charge in [-0.3, -0.25) is 0 Å². The molecule has 0 unspecified atom stereocenters. The zero-order valence-electron chi connectivity index (χ0n) is 11.2. The van der Waals surface area contributed by atoms with Gasteiger partial charge in [0.25, 0.3) is 0 Å². The minimum Gasteiger partial charge on any atom is -0.507 e. The van der Waals surface area contributed by atoms with Crippen LogP contribution >= 0.6 is 23.4 Å². The van der Waals surface area contributed by atoms with Crippen LogP contribution in [0.25, 0.3) is 0 Å². The van der Waals surface area contributed by atoms with Crippen molar-refractivity contribution in [3.63, 3.8) is 0 Å². The van der Waals surface area contributed by atoms with E-state index in [-0.39, 0.29) is 11.3 Å². The molecular formula is C15H13ClO4S. The molecule has 0 saturated heterocycles. The number of ether oxygens (including phenoxy) is 1. The number of phenols is 1. The van der Waals surface area contributed by atoms with Gasteiger partial charge in [-0.15, -0.1) is 11.8 Å². The van der Waals surface area contributed by atoms with Crippen LogP contribution in [0.5, 0.6) is 11.5 Å². The number of rotatable bonds is 5. The largest absolute Gasteiger partial charge is 0.507 e. The lowest BCUT2D eigenvalue weighted by Gasteiger charge is -2.11. The number of methoxy groups -OCH3 is 1. The van der Waals surface area contributed by atoms with E-state index in [0.29, 0.717) is 22.1 Å². The number of hydrogen-bond acceptors (Lipinski definition) is 4. The van der Waals surface area contributed by atoms with Gasteiger partial charge in [0.05, 0.1) is 12.1 Å². The molecule has 0 amide bonds. The summed E-state index contributed by atoms with van der Waals surface area (Å²) in [5, 5.41) is 19.7. The van der Waals surface area contributed by atoms with Crippen LogP contribution in [0, 0.1) is 0 Å². The standard InChI is InChI=1S/C15H13ClO4S/c1-20-10-6-9(14(15(18)19)12(17)7-10)8-21-13-5-3-2-4-11(13)16/h2-7,17H,8H2,1H3,(H,18,19). The molecule has 0 bridgehead atoms. The lowest BCUT2D eigenvalue weighted by Crippen LogP contribution is -2.03. The van der Waals surface area contributed by atoms with Gasteiger partial charge in [-0.25, -0.2) is 4.79 Å². The first-order valence-electron chi connectivity index (χ1n) is 6.03. The van der Waals surface area contributed by atoms with E-state index in [4.69, 9.17) is 16.3 Å². The van der Waals surface area contributed by atoms with Crippen molar-refractivity contribution in [2.24, 2.45) is 0 Å². The maximum atomic E-state index is 11.3. The van der Waals surface area contributed by atoms with Crippen LogP contribution < -0.4 is 4.74 Å². The molecule has 0 saturated carbocycles.